The van der Waals surface area contributed by atoms with Crippen molar-refractivity contribution in [3.63, 3.8) is 0 Å². The summed E-state index contributed by atoms with van der Waals surface area (Å²) in [4.78, 5) is 10.7. The van der Waals surface area contributed by atoms with Crippen LogP contribution in [-0.2, 0) is 0 Å². The van der Waals surface area contributed by atoms with Crippen LogP contribution < -0.4 is 0 Å². The Morgan fingerprint density at radius 3 is 2.47 bits per heavy atom. The summed E-state index contributed by atoms with van der Waals surface area (Å²) in [6.45, 7) is 0. The Hall–Kier alpha value is -1.90. The molecule has 0 bridgehead atoms. The van der Waals surface area contributed by atoms with Crippen LogP contribution in [-0.4, -0.2) is 4.92 Å². The maximum Gasteiger partial charge on any atom is 0.249 e. The molecule has 1 aromatic rings. The van der Waals surface area contributed by atoms with Gasteiger partial charge in [0.1, 0.15) is 0 Å². The summed E-state index contributed by atoms with van der Waals surface area (Å²) in [6.07, 6.45) is 7.24. The molecular formula is C14H15NO2. The molecule has 2 rings (SSSR count). The number of nitrogens with zero attached hydrogens (tertiary/aromatic N) is 1. The van der Waals surface area contributed by atoms with Gasteiger partial charge in [-0.2, -0.15) is 0 Å². The molecule has 0 amide bonds. The van der Waals surface area contributed by atoms with Crippen LogP contribution in [0.2, 0.25) is 0 Å². The van der Waals surface area contributed by atoms with Gasteiger partial charge in [0.25, 0.3) is 0 Å². The Bertz CT molecular complexity index is 460. The van der Waals surface area contributed by atoms with E-state index in [0.717, 1.165) is 30.4 Å². The molecule has 0 radical (unpaired) electrons. The van der Waals surface area contributed by atoms with Crippen molar-refractivity contribution in [2.45, 2.75) is 25.7 Å². The van der Waals surface area contributed by atoms with Gasteiger partial charge in [-0.05, 0) is 24.8 Å². The van der Waals surface area contributed by atoms with Crippen LogP contribution in [0.4, 0.5) is 0 Å². The zero-order chi connectivity index (χ0) is 12.1. The fraction of sp³-hybridized carbons (Fsp3) is 0.286. The molecule has 0 unspecified atom stereocenters. The van der Waals surface area contributed by atoms with Crippen LogP contribution in [0.5, 0.6) is 0 Å². The SMILES string of the molecule is O=[N+]([O-])C1=C(/C=C/c2ccccc2)CCCC1. The first-order valence-electron chi connectivity index (χ1n) is 5.87. The van der Waals surface area contributed by atoms with E-state index in [-0.39, 0.29) is 4.92 Å². The smallest absolute Gasteiger partial charge is 0.249 e. The van der Waals surface area contributed by atoms with Crippen LogP contribution in [0.15, 0.2) is 47.7 Å². The summed E-state index contributed by atoms with van der Waals surface area (Å²) in [6, 6.07) is 9.86. The molecule has 0 saturated carbocycles. The van der Waals surface area contributed by atoms with Gasteiger partial charge in [0.15, 0.2) is 0 Å². The van der Waals surface area contributed by atoms with Crippen molar-refractivity contribution < 1.29 is 4.92 Å². The molecule has 17 heavy (non-hydrogen) atoms. The van der Waals surface area contributed by atoms with Crippen LogP contribution in [0, 0.1) is 10.1 Å². The largest absolute Gasteiger partial charge is 0.259 e. The number of hydrogen-bond acceptors (Lipinski definition) is 2. The van der Waals surface area contributed by atoms with Crippen LogP contribution in [0.1, 0.15) is 31.2 Å². The fourth-order valence-corrected chi connectivity index (χ4v) is 2.06. The highest BCUT2D eigenvalue weighted by Crippen LogP contribution is 2.26. The molecule has 0 N–H and O–H groups in total. The highest BCUT2D eigenvalue weighted by Gasteiger charge is 2.19. The zero-order valence-corrected chi connectivity index (χ0v) is 9.63. The van der Waals surface area contributed by atoms with Crippen molar-refractivity contribution in [3.8, 4) is 0 Å². The first-order chi connectivity index (χ1) is 8.27. The van der Waals surface area contributed by atoms with Crippen molar-refractivity contribution >= 4 is 6.08 Å². The number of nitro groups is 1. The highest BCUT2D eigenvalue weighted by molar-refractivity contribution is 5.53. The average Bonchev–Trinajstić information content (AvgIpc) is 2.38. The molecule has 1 aliphatic carbocycles. The maximum absolute atomic E-state index is 10.9. The lowest BCUT2D eigenvalue weighted by Crippen LogP contribution is -2.06. The molecule has 0 heterocycles. The van der Waals surface area contributed by atoms with E-state index in [1.165, 1.54) is 0 Å². The topological polar surface area (TPSA) is 43.1 Å². The van der Waals surface area contributed by atoms with Gasteiger partial charge in [-0.3, -0.25) is 10.1 Å². The second-order valence-electron chi connectivity index (χ2n) is 4.18. The summed E-state index contributed by atoms with van der Waals surface area (Å²) < 4.78 is 0. The summed E-state index contributed by atoms with van der Waals surface area (Å²) >= 11 is 0. The third kappa shape index (κ3) is 3.03. The van der Waals surface area contributed by atoms with E-state index < -0.39 is 0 Å². The monoisotopic (exact) mass is 229 g/mol. The number of hydrogen-bond donors (Lipinski definition) is 0. The van der Waals surface area contributed by atoms with Gasteiger partial charge in [-0.1, -0.05) is 42.5 Å². The molecule has 0 spiro atoms. The standard InChI is InChI=1S/C14H15NO2/c16-15(17)14-9-5-4-8-13(14)11-10-12-6-2-1-3-7-12/h1-3,6-7,10-11H,4-5,8-9H2/b11-10+. The summed E-state index contributed by atoms with van der Waals surface area (Å²) in [5.41, 5.74) is 2.35. The van der Waals surface area contributed by atoms with Gasteiger partial charge >= 0.3 is 0 Å². The van der Waals surface area contributed by atoms with E-state index in [2.05, 4.69) is 0 Å². The Kier molecular flexibility index (Phi) is 3.70. The van der Waals surface area contributed by atoms with Crippen molar-refractivity contribution in [3.05, 3.63) is 63.4 Å². The predicted octanol–water partition coefficient (Wildman–Crippen LogP) is 3.80. The Morgan fingerprint density at radius 2 is 1.76 bits per heavy atom. The Morgan fingerprint density at radius 1 is 1.06 bits per heavy atom. The molecule has 3 nitrogen and oxygen atoms in total. The van der Waals surface area contributed by atoms with Gasteiger partial charge in [0.05, 0.1) is 4.92 Å². The van der Waals surface area contributed by atoms with Crippen molar-refractivity contribution in [2.24, 2.45) is 0 Å². The maximum atomic E-state index is 10.9. The van der Waals surface area contributed by atoms with Crippen LogP contribution in [0.25, 0.3) is 6.08 Å². The number of allylic oxidation sites excluding steroid dienone is 3. The first-order valence-corrected chi connectivity index (χ1v) is 5.87. The van der Waals surface area contributed by atoms with E-state index in [9.17, 15) is 10.1 Å². The molecule has 0 atom stereocenters. The van der Waals surface area contributed by atoms with Gasteiger partial charge in [-0.25, -0.2) is 0 Å². The Labute approximate surface area is 101 Å². The second-order valence-corrected chi connectivity index (χ2v) is 4.18. The molecule has 0 aromatic heterocycles. The predicted molar refractivity (Wildman–Crippen MR) is 68.0 cm³/mol. The zero-order valence-electron chi connectivity index (χ0n) is 9.63. The highest BCUT2D eigenvalue weighted by atomic mass is 16.6. The van der Waals surface area contributed by atoms with Crippen molar-refractivity contribution in [1.82, 2.24) is 0 Å². The third-order valence-electron chi connectivity index (χ3n) is 2.98. The van der Waals surface area contributed by atoms with E-state index >= 15 is 0 Å². The van der Waals surface area contributed by atoms with Crippen LogP contribution in [0.3, 0.4) is 0 Å². The fourth-order valence-electron chi connectivity index (χ4n) is 2.06. The van der Waals surface area contributed by atoms with Gasteiger partial charge in [-0.15, -0.1) is 0 Å². The average molecular weight is 229 g/mol. The van der Waals surface area contributed by atoms with E-state index in [1.54, 1.807) is 0 Å². The van der Waals surface area contributed by atoms with Crippen LogP contribution >= 0.6 is 0 Å². The molecule has 0 aliphatic heterocycles. The summed E-state index contributed by atoms with van der Waals surface area (Å²) in [5, 5.41) is 10.9. The summed E-state index contributed by atoms with van der Waals surface area (Å²) in [7, 11) is 0. The molecule has 1 aromatic carbocycles. The van der Waals surface area contributed by atoms with Gasteiger partial charge < -0.3 is 0 Å². The lowest BCUT2D eigenvalue weighted by molar-refractivity contribution is -0.429. The quantitative estimate of drug-likeness (QED) is 0.584. The van der Waals surface area contributed by atoms with E-state index in [0.29, 0.717) is 12.1 Å². The van der Waals surface area contributed by atoms with Crippen molar-refractivity contribution in [2.75, 3.05) is 0 Å². The normalized spacial score (nSPS) is 16.5. The minimum absolute atomic E-state index is 0.232. The second kappa shape index (κ2) is 5.43. The van der Waals surface area contributed by atoms with E-state index in [1.807, 2.05) is 42.5 Å². The van der Waals surface area contributed by atoms with Gasteiger partial charge in [0, 0.05) is 12.0 Å². The lowest BCUT2D eigenvalue weighted by Gasteiger charge is -2.10. The van der Waals surface area contributed by atoms with Gasteiger partial charge in [0.2, 0.25) is 5.70 Å². The minimum Gasteiger partial charge on any atom is -0.259 e. The number of benzene rings is 1. The molecule has 0 fully saturated rings. The summed E-state index contributed by atoms with van der Waals surface area (Å²) in [5.74, 6) is 0. The molecule has 3 heteroatoms. The van der Waals surface area contributed by atoms with E-state index in [4.69, 9.17) is 0 Å². The lowest BCUT2D eigenvalue weighted by atomic mass is 9.95. The Balaban J connectivity index is 2.21. The minimum atomic E-state index is -0.232. The first kappa shape index (κ1) is 11.6. The van der Waals surface area contributed by atoms with Crippen molar-refractivity contribution in [1.29, 1.82) is 0 Å². The molecule has 0 saturated heterocycles. The molecule has 1 aliphatic rings. The third-order valence-corrected chi connectivity index (χ3v) is 2.98. The molecular weight excluding hydrogens is 214 g/mol. The molecule has 88 valence electrons. The number of rotatable bonds is 3.